The zero-order valence-electron chi connectivity index (χ0n) is 26.0. The zero-order chi connectivity index (χ0) is 29.5. The Balaban J connectivity index is 0.000000847. The molecule has 1 aliphatic carbocycles. The number of allylic oxidation sites excluding steroid dienone is 3. The number of aromatic nitrogens is 1. The van der Waals surface area contributed by atoms with Crippen LogP contribution in [-0.2, 0) is 6.54 Å². The summed E-state index contributed by atoms with van der Waals surface area (Å²) in [5, 5.41) is 3.47. The van der Waals surface area contributed by atoms with E-state index in [1.807, 2.05) is 39.8 Å². The number of benzene rings is 1. The average Bonchev–Trinajstić information content (AvgIpc) is 3.42. The lowest BCUT2D eigenvalue weighted by atomic mass is 9.73. The predicted molar refractivity (Wildman–Crippen MR) is 177 cm³/mol. The van der Waals surface area contributed by atoms with Gasteiger partial charge in [-0.1, -0.05) is 64.1 Å². The number of fused-ring (bicyclic) bond motifs is 1. The number of nitrogens with one attached hydrogen (secondary N) is 1. The number of hydrogen-bond donors (Lipinski definition) is 2. The number of likely N-dealkylation sites (tertiary alicyclic amines) is 1. The van der Waals surface area contributed by atoms with E-state index in [1.54, 1.807) is 6.20 Å². The molecule has 2 saturated heterocycles. The lowest BCUT2D eigenvalue weighted by Gasteiger charge is -2.48. The molecule has 4 aliphatic heterocycles. The molecule has 3 atom stereocenters. The Labute approximate surface area is 252 Å². The van der Waals surface area contributed by atoms with Crippen LogP contribution in [0.1, 0.15) is 70.9 Å². The Morgan fingerprint density at radius 1 is 0.952 bits per heavy atom. The minimum absolute atomic E-state index is 0.0605. The maximum absolute atomic E-state index is 6.35. The number of nitrogen functional groups attached to an aromatic ring is 1. The van der Waals surface area contributed by atoms with Crippen molar-refractivity contribution in [3.8, 4) is 0 Å². The van der Waals surface area contributed by atoms with E-state index in [0.29, 0.717) is 17.2 Å². The van der Waals surface area contributed by atoms with Gasteiger partial charge in [-0.3, -0.25) is 19.8 Å². The first-order chi connectivity index (χ1) is 20.7. The van der Waals surface area contributed by atoms with Crippen molar-refractivity contribution < 1.29 is 0 Å². The van der Waals surface area contributed by atoms with Gasteiger partial charge in [-0.05, 0) is 80.4 Å². The molecule has 1 aromatic carbocycles. The number of pyridine rings is 1. The summed E-state index contributed by atoms with van der Waals surface area (Å²) in [6.45, 7) is 13.8. The van der Waals surface area contributed by atoms with Gasteiger partial charge in [0.15, 0.2) is 0 Å². The van der Waals surface area contributed by atoms with Crippen molar-refractivity contribution in [3.63, 3.8) is 0 Å². The van der Waals surface area contributed by atoms with Crippen LogP contribution in [0.4, 0.5) is 11.5 Å². The predicted octanol–water partition coefficient (Wildman–Crippen LogP) is 6.23. The van der Waals surface area contributed by atoms with Crippen molar-refractivity contribution in [2.24, 2.45) is 21.3 Å². The first kappa shape index (κ1) is 30.2. The second kappa shape index (κ2) is 13.8. The summed E-state index contributed by atoms with van der Waals surface area (Å²) in [5.41, 5.74) is 10.3. The van der Waals surface area contributed by atoms with Gasteiger partial charge in [0.2, 0.25) is 0 Å². The van der Waals surface area contributed by atoms with Crippen molar-refractivity contribution in [1.29, 1.82) is 0 Å². The smallest absolute Gasteiger partial charge is 0.145 e. The average molecular weight is 568 g/mol. The fraction of sp³-hybridized carbons (Fsp3) is 0.514. The van der Waals surface area contributed by atoms with Crippen LogP contribution >= 0.6 is 0 Å². The van der Waals surface area contributed by atoms with E-state index < -0.39 is 0 Å². The topological polar surface area (TPSA) is 82.1 Å². The van der Waals surface area contributed by atoms with E-state index in [1.165, 1.54) is 44.6 Å². The molecule has 7 heteroatoms. The molecular formula is C35H49N7. The second-order valence-corrected chi connectivity index (χ2v) is 11.6. The third-order valence-corrected chi connectivity index (χ3v) is 9.16. The van der Waals surface area contributed by atoms with E-state index >= 15 is 0 Å². The van der Waals surface area contributed by atoms with Gasteiger partial charge in [0.25, 0.3) is 0 Å². The van der Waals surface area contributed by atoms with Gasteiger partial charge >= 0.3 is 0 Å². The van der Waals surface area contributed by atoms with Crippen molar-refractivity contribution in [3.05, 3.63) is 78.0 Å². The second-order valence-electron chi connectivity index (χ2n) is 11.6. The molecule has 3 unspecified atom stereocenters. The molecule has 3 N–H and O–H groups in total. The molecule has 224 valence electrons. The molecular weight excluding hydrogens is 518 g/mol. The van der Waals surface area contributed by atoms with Crippen LogP contribution in [0, 0.1) is 11.3 Å². The largest absolute Gasteiger partial charge is 0.383 e. The van der Waals surface area contributed by atoms with E-state index in [4.69, 9.17) is 15.7 Å². The first-order valence-corrected chi connectivity index (χ1v) is 16.2. The number of nitrogens with two attached hydrogens (primary N) is 1. The molecule has 5 heterocycles. The normalized spacial score (nSPS) is 25.7. The number of rotatable bonds is 5. The number of nitrogens with zero attached hydrogens (tertiary/aromatic N) is 5. The molecule has 0 saturated carbocycles. The fourth-order valence-corrected chi connectivity index (χ4v) is 6.69. The highest BCUT2D eigenvalue weighted by Gasteiger charge is 2.40. The molecule has 42 heavy (non-hydrogen) atoms. The monoisotopic (exact) mass is 567 g/mol. The Morgan fingerprint density at radius 2 is 1.71 bits per heavy atom. The highest BCUT2D eigenvalue weighted by atomic mass is 15.3. The molecule has 5 aliphatic rings. The van der Waals surface area contributed by atoms with Crippen molar-refractivity contribution >= 4 is 23.2 Å². The van der Waals surface area contributed by atoms with Crippen molar-refractivity contribution in [2.75, 3.05) is 36.8 Å². The van der Waals surface area contributed by atoms with Gasteiger partial charge in [0.05, 0.1) is 11.6 Å². The van der Waals surface area contributed by atoms with Gasteiger partial charge in [0.1, 0.15) is 23.5 Å². The minimum atomic E-state index is 0.0605. The van der Waals surface area contributed by atoms with Gasteiger partial charge in [0, 0.05) is 37.4 Å². The maximum Gasteiger partial charge on any atom is 0.145 e. The van der Waals surface area contributed by atoms with Crippen LogP contribution in [0.3, 0.4) is 0 Å². The molecule has 0 amide bonds. The van der Waals surface area contributed by atoms with Crippen molar-refractivity contribution in [1.82, 2.24) is 15.2 Å². The van der Waals surface area contributed by atoms with Gasteiger partial charge in [-0.2, -0.15) is 0 Å². The van der Waals surface area contributed by atoms with Crippen LogP contribution in [0.15, 0.2) is 76.9 Å². The summed E-state index contributed by atoms with van der Waals surface area (Å²) in [6.07, 6.45) is 16.3. The number of amidine groups is 2. The highest BCUT2D eigenvalue weighted by molar-refractivity contribution is 6.31. The summed E-state index contributed by atoms with van der Waals surface area (Å²) in [4.78, 5) is 19.7. The Morgan fingerprint density at radius 3 is 2.36 bits per heavy atom. The number of aliphatic imine (C=N–C) groups is 2. The van der Waals surface area contributed by atoms with Crippen molar-refractivity contribution in [2.45, 2.75) is 78.4 Å². The van der Waals surface area contributed by atoms with Crippen LogP contribution < -0.4 is 16.0 Å². The Kier molecular flexibility index (Phi) is 9.91. The summed E-state index contributed by atoms with van der Waals surface area (Å²) in [5.74, 6) is 2.87. The SMILES string of the molecule is CC.CC.Nc1ncccc1C1=NC2CCC(C3C=CC=CC3)N=C2N1c1ccc(CN2CCC3(CC2)CNC3)cc1. The zero-order valence-corrected chi connectivity index (χ0v) is 26.0. The van der Waals surface area contributed by atoms with Crippen LogP contribution in [-0.4, -0.2) is 59.8 Å². The van der Waals surface area contributed by atoms with E-state index in [2.05, 4.69) is 68.7 Å². The van der Waals surface area contributed by atoms with E-state index in [0.717, 1.165) is 48.7 Å². The molecule has 1 aromatic heterocycles. The maximum atomic E-state index is 6.35. The fourth-order valence-electron chi connectivity index (χ4n) is 6.69. The highest BCUT2D eigenvalue weighted by Crippen LogP contribution is 2.37. The van der Waals surface area contributed by atoms with Crippen LogP contribution in [0.2, 0.25) is 0 Å². The minimum Gasteiger partial charge on any atom is -0.383 e. The van der Waals surface area contributed by atoms with E-state index in [9.17, 15) is 0 Å². The standard InChI is InChI=1S/C31H37N7.2C2H6/c32-28-25(7-4-16-34-28)29-36-27-13-12-26(23-5-2-1-3-6-23)35-30(27)38(29)24-10-8-22(9-11-24)19-37-17-14-31(15-18-37)20-33-21-31;2*1-2/h1-5,7-11,16,23,26-27,33H,6,12-15,17-21H2,(H2,32,34);2*1-2H3. The van der Waals surface area contributed by atoms with Gasteiger partial charge in [-0.15, -0.1) is 0 Å². The summed E-state index contributed by atoms with van der Waals surface area (Å²) in [7, 11) is 0. The van der Waals surface area contributed by atoms with Crippen LogP contribution in [0.5, 0.6) is 0 Å². The summed E-state index contributed by atoms with van der Waals surface area (Å²) >= 11 is 0. The van der Waals surface area contributed by atoms with Crippen LogP contribution in [0.25, 0.3) is 0 Å². The molecule has 1 spiro atoms. The third-order valence-electron chi connectivity index (χ3n) is 9.16. The first-order valence-electron chi connectivity index (χ1n) is 16.2. The molecule has 0 radical (unpaired) electrons. The molecule has 7 nitrogen and oxygen atoms in total. The molecule has 2 aromatic rings. The Bertz CT molecular complexity index is 1290. The lowest BCUT2D eigenvalue weighted by Crippen LogP contribution is -2.58. The molecule has 0 bridgehead atoms. The lowest BCUT2D eigenvalue weighted by molar-refractivity contribution is 0.0520. The summed E-state index contributed by atoms with van der Waals surface area (Å²) < 4.78 is 0. The molecule has 7 rings (SSSR count). The number of hydrogen-bond acceptors (Lipinski definition) is 7. The van der Waals surface area contributed by atoms with Gasteiger partial charge in [-0.25, -0.2) is 4.98 Å². The van der Waals surface area contributed by atoms with Gasteiger partial charge < -0.3 is 11.1 Å². The number of piperidine rings is 1. The Hall–Kier alpha value is -3.29. The third kappa shape index (κ3) is 6.23. The van der Waals surface area contributed by atoms with E-state index in [-0.39, 0.29) is 12.1 Å². The molecule has 2 fully saturated rings. The number of anilines is 2. The quantitative estimate of drug-likeness (QED) is 0.448. The summed E-state index contributed by atoms with van der Waals surface area (Å²) in [6, 6.07) is 13.3.